The first kappa shape index (κ1) is 14.3. The third-order valence-corrected chi connectivity index (χ3v) is 5.79. The number of aromatic amines is 1. The molecule has 0 bridgehead atoms. The van der Waals surface area contributed by atoms with Gasteiger partial charge in [-0.3, -0.25) is 0 Å². The smallest absolute Gasteiger partial charge is 0.270 e. The van der Waals surface area contributed by atoms with Crippen LogP contribution in [-0.2, 0) is 10.0 Å². The Labute approximate surface area is 134 Å². The normalized spacial score (nSPS) is 11.9. The van der Waals surface area contributed by atoms with Crippen molar-refractivity contribution in [1.82, 2.24) is 8.96 Å². The first-order valence-electron chi connectivity index (χ1n) is 5.84. The Balaban J connectivity index is 2.24. The maximum atomic E-state index is 12.6. The summed E-state index contributed by atoms with van der Waals surface area (Å²) in [5.74, 6) is -0.299. The Morgan fingerprint density at radius 2 is 2.00 bits per heavy atom. The van der Waals surface area contributed by atoms with E-state index in [9.17, 15) is 13.5 Å². The molecule has 0 radical (unpaired) electrons. The van der Waals surface area contributed by atoms with E-state index in [1.54, 1.807) is 12.1 Å². The van der Waals surface area contributed by atoms with E-state index in [1.807, 2.05) is 18.2 Å². The molecule has 0 unspecified atom stereocenters. The molecule has 0 saturated heterocycles. The lowest BCUT2D eigenvalue weighted by atomic mass is 10.1. The van der Waals surface area contributed by atoms with E-state index in [4.69, 9.17) is 12.2 Å². The van der Waals surface area contributed by atoms with E-state index in [2.05, 4.69) is 20.9 Å². The van der Waals surface area contributed by atoms with Gasteiger partial charge in [-0.25, -0.2) is 12.4 Å². The third-order valence-electron chi connectivity index (χ3n) is 3.03. The molecule has 1 heterocycles. The van der Waals surface area contributed by atoms with E-state index in [0.717, 1.165) is 25.4 Å². The molecule has 0 atom stereocenters. The first-order valence-corrected chi connectivity index (χ1v) is 8.48. The Morgan fingerprint density at radius 1 is 1.24 bits per heavy atom. The summed E-state index contributed by atoms with van der Waals surface area (Å²) in [5.41, 5.74) is 0. The van der Waals surface area contributed by atoms with Crippen LogP contribution in [0.4, 0.5) is 0 Å². The van der Waals surface area contributed by atoms with Gasteiger partial charge in [-0.15, -0.1) is 0 Å². The van der Waals surface area contributed by atoms with Crippen LogP contribution < -0.4 is 0 Å². The molecule has 0 aliphatic carbocycles. The van der Waals surface area contributed by atoms with Gasteiger partial charge in [0.05, 0.1) is 11.1 Å². The van der Waals surface area contributed by atoms with E-state index in [1.165, 1.54) is 6.07 Å². The quantitative estimate of drug-likeness (QED) is 0.663. The number of halogens is 1. The summed E-state index contributed by atoms with van der Waals surface area (Å²) in [6.45, 7) is 0. The van der Waals surface area contributed by atoms with Crippen molar-refractivity contribution in [3.05, 3.63) is 51.8 Å². The molecule has 1 aromatic heterocycles. The summed E-state index contributed by atoms with van der Waals surface area (Å²) in [5, 5.41) is 11.0. The van der Waals surface area contributed by atoms with Gasteiger partial charge in [0.15, 0.2) is 4.77 Å². The fraction of sp³-hybridized carbons (Fsp3) is 0. The fourth-order valence-corrected chi connectivity index (χ4v) is 4.25. The SMILES string of the molecule is O=S(=O)(c1ccc2c(Br)cccc2c1)n1cc(O)[nH]c1=S. The highest BCUT2D eigenvalue weighted by Gasteiger charge is 2.19. The lowest BCUT2D eigenvalue weighted by molar-refractivity contribution is 0.456. The number of benzene rings is 2. The second-order valence-corrected chi connectivity index (χ2v) is 7.42. The van der Waals surface area contributed by atoms with Gasteiger partial charge >= 0.3 is 0 Å². The number of aromatic hydroxyl groups is 1. The Kier molecular flexibility index (Phi) is 3.39. The van der Waals surface area contributed by atoms with Crippen molar-refractivity contribution in [2.45, 2.75) is 4.90 Å². The Morgan fingerprint density at radius 3 is 2.67 bits per heavy atom. The first-order chi connectivity index (χ1) is 9.89. The zero-order valence-electron chi connectivity index (χ0n) is 10.4. The van der Waals surface area contributed by atoms with Crippen molar-refractivity contribution in [1.29, 1.82) is 0 Å². The minimum atomic E-state index is -3.85. The highest BCUT2D eigenvalue weighted by Crippen LogP contribution is 2.27. The van der Waals surface area contributed by atoms with Gasteiger partial charge in [0.2, 0.25) is 5.88 Å². The molecule has 0 aliphatic heterocycles. The summed E-state index contributed by atoms with van der Waals surface area (Å²) in [7, 11) is -3.85. The van der Waals surface area contributed by atoms with Crippen molar-refractivity contribution in [3.8, 4) is 5.88 Å². The molecular weight excluding hydrogens is 376 g/mol. The third kappa shape index (κ3) is 2.39. The second kappa shape index (κ2) is 4.97. The maximum Gasteiger partial charge on any atom is 0.270 e. The molecule has 0 fully saturated rings. The predicted molar refractivity (Wildman–Crippen MR) is 85.5 cm³/mol. The summed E-state index contributed by atoms with van der Waals surface area (Å²) in [6, 6.07) is 10.3. The van der Waals surface area contributed by atoms with Crippen LogP contribution in [0.25, 0.3) is 10.8 Å². The minimum absolute atomic E-state index is 0.0816. The minimum Gasteiger partial charge on any atom is -0.493 e. The van der Waals surface area contributed by atoms with Crippen molar-refractivity contribution >= 4 is 48.9 Å². The molecule has 3 rings (SSSR count). The van der Waals surface area contributed by atoms with Gasteiger partial charge in [-0.05, 0) is 41.2 Å². The number of nitrogens with one attached hydrogen (secondary N) is 1. The van der Waals surface area contributed by atoms with Crippen LogP contribution in [0.5, 0.6) is 5.88 Å². The van der Waals surface area contributed by atoms with Gasteiger partial charge in [0.25, 0.3) is 10.0 Å². The summed E-state index contributed by atoms with van der Waals surface area (Å²) in [4.78, 5) is 2.48. The topological polar surface area (TPSA) is 75.1 Å². The van der Waals surface area contributed by atoms with Crippen molar-refractivity contribution < 1.29 is 13.5 Å². The van der Waals surface area contributed by atoms with E-state index in [-0.39, 0.29) is 15.5 Å². The molecule has 108 valence electrons. The number of H-pyrrole nitrogens is 1. The van der Waals surface area contributed by atoms with Crippen molar-refractivity contribution in [2.75, 3.05) is 0 Å². The lowest BCUT2D eigenvalue weighted by Crippen LogP contribution is -2.12. The molecular formula is C13H9BrN2O3S2. The molecule has 2 N–H and O–H groups in total. The monoisotopic (exact) mass is 384 g/mol. The Hall–Kier alpha value is -1.64. The van der Waals surface area contributed by atoms with Crippen LogP contribution in [0.15, 0.2) is 52.0 Å². The largest absolute Gasteiger partial charge is 0.493 e. The van der Waals surface area contributed by atoms with Crippen LogP contribution in [-0.4, -0.2) is 22.5 Å². The van der Waals surface area contributed by atoms with Crippen molar-refractivity contribution in [2.24, 2.45) is 0 Å². The number of nitrogens with zero attached hydrogens (tertiary/aromatic N) is 1. The van der Waals surface area contributed by atoms with Gasteiger partial charge in [0.1, 0.15) is 0 Å². The molecule has 0 aliphatic rings. The fourth-order valence-electron chi connectivity index (χ4n) is 2.04. The average Bonchev–Trinajstić information content (AvgIpc) is 2.78. The van der Waals surface area contributed by atoms with Crippen LogP contribution in [0.3, 0.4) is 0 Å². The molecule has 0 saturated carbocycles. The van der Waals surface area contributed by atoms with Crippen LogP contribution in [0.1, 0.15) is 0 Å². The van der Waals surface area contributed by atoms with E-state index < -0.39 is 10.0 Å². The highest BCUT2D eigenvalue weighted by molar-refractivity contribution is 9.10. The van der Waals surface area contributed by atoms with E-state index in [0.29, 0.717) is 0 Å². The van der Waals surface area contributed by atoms with Crippen molar-refractivity contribution in [3.63, 3.8) is 0 Å². The van der Waals surface area contributed by atoms with Gasteiger partial charge in [0, 0.05) is 4.47 Å². The number of aromatic nitrogens is 2. The molecule has 0 amide bonds. The number of rotatable bonds is 2. The number of hydrogen-bond donors (Lipinski definition) is 2. The van der Waals surface area contributed by atoms with Gasteiger partial charge in [-0.2, -0.15) is 0 Å². The average molecular weight is 385 g/mol. The number of imidazole rings is 1. The Bertz CT molecular complexity index is 1010. The molecule has 2 aromatic carbocycles. The summed E-state index contributed by atoms with van der Waals surface area (Å²) in [6.07, 6.45) is 1.04. The summed E-state index contributed by atoms with van der Waals surface area (Å²) < 4.78 is 26.8. The van der Waals surface area contributed by atoms with Crippen LogP contribution in [0, 0.1) is 4.77 Å². The maximum absolute atomic E-state index is 12.6. The standard InChI is InChI=1S/C13H9BrN2O3S2/c14-11-3-1-2-8-6-9(4-5-10(8)11)21(18,19)16-7-12(17)15-13(16)20/h1-7,17H,(H,15,20). The number of hydrogen-bond acceptors (Lipinski definition) is 4. The molecule has 8 heteroatoms. The highest BCUT2D eigenvalue weighted by atomic mass is 79.9. The number of fused-ring (bicyclic) bond motifs is 1. The molecule has 3 aromatic rings. The zero-order valence-corrected chi connectivity index (χ0v) is 13.7. The lowest BCUT2D eigenvalue weighted by Gasteiger charge is -2.07. The molecule has 5 nitrogen and oxygen atoms in total. The summed E-state index contributed by atoms with van der Waals surface area (Å²) >= 11 is 8.32. The zero-order chi connectivity index (χ0) is 15.2. The van der Waals surface area contributed by atoms with Crippen LogP contribution in [0.2, 0.25) is 0 Å². The van der Waals surface area contributed by atoms with Gasteiger partial charge < -0.3 is 10.1 Å². The van der Waals surface area contributed by atoms with Crippen LogP contribution >= 0.6 is 28.1 Å². The molecule has 21 heavy (non-hydrogen) atoms. The van der Waals surface area contributed by atoms with Gasteiger partial charge in [-0.1, -0.05) is 34.1 Å². The second-order valence-electron chi connectivity index (χ2n) is 4.37. The predicted octanol–water partition coefficient (Wildman–Crippen LogP) is 3.40. The molecule has 0 spiro atoms. The van der Waals surface area contributed by atoms with E-state index >= 15 is 0 Å².